The SMILES string of the molecule is C#CCNCC(=O)N(C)C1CC1. The van der Waals surface area contributed by atoms with Crippen LogP contribution in [0.2, 0.25) is 0 Å². The fourth-order valence-electron chi connectivity index (χ4n) is 1.03. The van der Waals surface area contributed by atoms with Crippen LogP contribution in [0.3, 0.4) is 0 Å². The molecule has 0 unspecified atom stereocenters. The largest absolute Gasteiger partial charge is 0.342 e. The second kappa shape index (κ2) is 4.13. The zero-order valence-electron chi connectivity index (χ0n) is 7.34. The van der Waals surface area contributed by atoms with Crippen LogP contribution in [0.5, 0.6) is 0 Å². The minimum absolute atomic E-state index is 0.132. The first-order chi connectivity index (χ1) is 5.75. The highest BCUT2D eigenvalue weighted by Crippen LogP contribution is 2.24. The van der Waals surface area contributed by atoms with E-state index in [1.165, 1.54) is 0 Å². The maximum absolute atomic E-state index is 11.3. The van der Waals surface area contributed by atoms with E-state index in [0.717, 1.165) is 12.8 Å². The van der Waals surface area contributed by atoms with Crippen LogP contribution in [0.15, 0.2) is 0 Å². The van der Waals surface area contributed by atoms with Crippen LogP contribution >= 0.6 is 0 Å². The number of carbonyl (C=O) groups is 1. The summed E-state index contributed by atoms with van der Waals surface area (Å²) in [6.07, 6.45) is 7.33. The number of terminal acetylenes is 1. The molecule has 0 aromatic carbocycles. The van der Waals surface area contributed by atoms with Gasteiger partial charge in [0.15, 0.2) is 0 Å². The number of hydrogen-bond donors (Lipinski definition) is 1. The first kappa shape index (κ1) is 9.08. The highest BCUT2D eigenvalue weighted by Gasteiger charge is 2.28. The van der Waals surface area contributed by atoms with E-state index >= 15 is 0 Å². The molecule has 0 bridgehead atoms. The van der Waals surface area contributed by atoms with Crippen molar-refractivity contribution in [3.63, 3.8) is 0 Å². The summed E-state index contributed by atoms with van der Waals surface area (Å²) in [6, 6.07) is 0.491. The molecule has 0 spiro atoms. The van der Waals surface area contributed by atoms with E-state index in [-0.39, 0.29) is 5.91 Å². The molecule has 0 heterocycles. The van der Waals surface area contributed by atoms with Crippen molar-refractivity contribution < 1.29 is 4.79 Å². The van der Waals surface area contributed by atoms with Crippen molar-refractivity contribution in [1.82, 2.24) is 10.2 Å². The van der Waals surface area contributed by atoms with Crippen molar-refractivity contribution in [2.24, 2.45) is 0 Å². The van der Waals surface area contributed by atoms with Crippen molar-refractivity contribution in [2.45, 2.75) is 18.9 Å². The summed E-state index contributed by atoms with van der Waals surface area (Å²) in [4.78, 5) is 13.1. The molecule has 3 heteroatoms. The summed E-state index contributed by atoms with van der Waals surface area (Å²) >= 11 is 0. The molecule has 3 nitrogen and oxygen atoms in total. The lowest BCUT2D eigenvalue weighted by atomic mass is 10.4. The van der Waals surface area contributed by atoms with Crippen LogP contribution in [-0.2, 0) is 4.79 Å². The summed E-state index contributed by atoms with van der Waals surface area (Å²) in [6.45, 7) is 0.821. The third-order valence-electron chi connectivity index (χ3n) is 1.99. The van der Waals surface area contributed by atoms with E-state index in [1.807, 2.05) is 7.05 Å². The van der Waals surface area contributed by atoms with Gasteiger partial charge in [-0.2, -0.15) is 0 Å². The van der Waals surface area contributed by atoms with Gasteiger partial charge in [0, 0.05) is 13.1 Å². The quantitative estimate of drug-likeness (QED) is 0.464. The van der Waals surface area contributed by atoms with Crippen LogP contribution in [0.25, 0.3) is 0 Å². The van der Waals surface area contributed by atoms with E-state index in [1.54, 1.807) is 4.90 Å². The lowest BCUT2D eigenvalue weighted by molar-refractivity contribution is -0.129. The van der Waals surface area contributed by atoms with Crippen LogP contribution < -0.4 is 5.32 Å². The Bertz CT molecular complexity index is 203. The lowest BCUT2D eigenvalue weighted by Crippen LogP contribution is -2.36. The number of nitrogens with zero attached hydrogens (tertiary/aromatic N) is 1. The molecule has 0 saturated heterocycles. The Balaban J connectivity index is 2.14. The molecule has 1 saturated carbocycles. The molecule has 0 aromatic heterocycles. The third-order valence-corrected chi connectivity index (χ3v) is 1.99. The van der Waals surface area contributed by atoms with Crippen molar-refractivity contribution in [3.05, 3.63) is 0 Å². The number of nitrogens with one attached hydrogen (secondary N) is 1. The molecule has 0 radical (unpaired) electrons. The fraction of sp³-hybridized carbons (Fsp3) is 0.667. The summed E-state index contributed by atoms with van der Waals surface area (Å²) in [5, 5.41) is 2.87. The smallest absolute Gasteiger partial charge is 0.236 e. The van der Waals surface area contributed by atoms with E-state index in [9.17, 15) is 4.79 Å². The van der Waals surface area contributed by atoms with E-state index in [0.29, 0.717) is 19.1 Å². The van der Waals surface area contributed by atoms with Gasteiger partial charge in [0.25, 0.3) is 0 Å². The highest BCUT2D eigenvalue weighted by atomic mass is 16.2. The van der Waals surface area contributed by atoms with Gasteiger partial charge >= 0.3 is 0 Å². The van der Waals surface area contributed by atoms with Crippen LogP contribution in [0.4, 0.5) is 0 Å². The molecule has 1 N–H and O–H groups in total. The topological polar surface area (TPSA) is 32.3 Å². The summed E-state index contributed by atoms with van der Waals surface area (Å²) < 4.78 is 0. The molecule has 0 atom stereocenters. The zero-order chi connectivity index (χ0) is 8.97. The minimum atomic E-state index is 0.132. The first-order valence-electron chi connectivity index (χ1n) is 4.15. The molecule has 1 amide bonds. The predicted molar refractivity (Wildman–Crippen MR) is 47.5 cm³/mol. The van der Waals surface area contributed by atoms with Gasteiger partial charge in [0.2, 0.25) is 5.91 Å². The summed E-state index contributed by atoms with van der Waals surface area (Å²) in [5.74, 6) is 2.56. The second-order valence-electron chi connectivity index (χ2n) is 3.04. The van der Waals surface area contributed by atoms with Crippen molar-refractivity contribution >= 4 is 5.91 Å². The predicted octanol–water partition coefficient (Wildman–Crippen LogP) is -0.170. The number of hydrogen-bond acceptors (Lipinski definition) is 2. The Morgan fingerprint density at radius 2 is 2.42 bits per heavy atom. The minimum Gasteiger partial charge on any atom is -0.342 e. The van der Waals surface area contributed by atoms with Gasteiger partial charge in [-0.3, -0.25) is 10.1 Å². The maximum Gasteiger partial charge on any atom is 0.236 e. The average molecular weight is 166 g/mol. The Morgan fingerprint density at radius 3 is 2.92 bits per heavy atom. The summed E-state index contributed by atoms with van der Waals surface area (Å²) in [5.41, 5.74) is 0. The molecule has 1 fully saturated rings. The van der Waals surface area contributed by atoms with Crippen molar-refractivity contribution in [2.75, 3.05) is 20.1 Å². The number of likely N-dealkylation sites (N-methyl/N-ethyl adjacent to an activating group) is 1. The van der Waals surface area contributed by atoms with Crippen molar-refractivity contribution in [3.8, 4) is 12.3 Å². The Labute approximate surface area is 73.1 Å². The number of rotatable bonds is 4. The zero-order valence-corrected chi connectivity index (χ0v) is 7.34. The Morgan fingerprint density at radius 1 is 1.75 bits per heavy atom. The normalized spacial score (nSPS) is 15.3. The van der Waals surface area contributed by atoms with Gasteiger partial charge in [-0.05, 0) is 12.8 Å². The second-order valence-corrected chi connectivity index (χ2v) is 3.04. The molecule has 1 aliphatic rings. The van der Waals surface area contributed by atoms with E-state index in [2.05, 4.69) is 11.2 Å². The van der Waals surface area contributed by atoms with Crippen LogP contribution in [0, 0.1) is 12.3 Å². The van der Waals surface area contributed by atoms with Gasteiger partial charge in [-0.25, -0.2) is 0 Å². The van der Waals surface area contributed by atoms with E-state index in [4.69, 9.17) is 6.42 Å². The van der Waals surface area contributed by atoms with Gasteiger partial charge in [-0.1, -0.05) is 5.92 Å². The summed E-state index contributed by atoms with van der Waals surface area (Å²) in [7, 11) is 1.84. The van der Waals surface area contributed by atoms with Gasteiger partial charge in [0.05, 0.1) is 13.1 Å². The van der Waals surface area contributed by atoms with Gasteiger partial charge in [0.1, 0.15) is 0 Å². The van der Waals surface area contributed by atoms with E-state index < -0.39 is 0 Å². The number of amides is 1. The third kappa shape index (κ3) is 2.55. The molecule has 12 heavy (non-hydrogen) atoms. The molecular weight excluding hydrogens is 152 g/mol. The van der Waals surface area contributed by atoms with Crippen LogP contribution in [-0.4, -0.2) is 37.0 Å². The number of carbonyl (C=O) groups excluding carboxylic acids is 1. The van der Waals surface area contributed by atoms with Crippen LogP contribution in [0.1, 0.15) is 12.8 Å². The highest BCUT2D eigenvalue weighted by molar-refractivity contribution is 5.78. The standard InChI is InChI=1S/C9H14N2O/c1-3-6-10-7-9(12)11(2)8-4-5-8/h1,8,10H,4-7H2,2H3. The first-order valence-corrected chi connectivity index (χ1v) is 4.15. The molecule has 0 aromatic rings. The monoisotopic (exact) mass is 166 g/mol. The molecule has 0 aliphatic heterocycles. The Hall–Kier alpha value is -1.01. The average Bonchev–Trinajstić information content (AvgIpc) is 2.86. The van der Waals surface area contributed by atoms with Crippen molar-refractivity contribution in [1.29, 1.82) is 0 Å². The maximum atomic E-state index is 11.3. The molecule has 66 valence electrons. The molecular formula is C9H14N2O. The lowest BCUT2D eigenvalue weighted by Gasteiger charge is -2.15. The van der Waals surface area contributed by atoms with Gasteiger partial charge < -0.3 is 4.90 Å². The fourth-order valence-corrected chi connectivity index (χ4v) is 1.03. The molecule has 1 rings (SSSR count). The Kier molecular flexibility index (Phi) is 3.12. The molecule has 1 aliphatic carbocycles. The van der Waals surface area contributed by atoms with Gasteiger partial charge in [-0.15, -0.1) is 6.42 Å².